The van der Waals surface area contributed by atoms with Crippen LogP contribution in [0.1, 0.15) is 30.9 Å². The Bertz CT molecular complexity index is 609. The molecule has 142 valence electrons. The van der Waals surface area contributed by atoms with E-state index in [2.05, 4.69) is 46.7 Å². The Kier molecular flexibility index (Phi) is 6.63. The second-order valence-electron chi connectivity index (χ2n) is 7.04. The van der Waals surface area contributed by atoms with Crippen molar-refractivity contribution in [2.45, 2.75) is 44.7 Å². The van der Waals surface area contributed by atoms with Crippen molar-refractivity contribution in [2.75, 3.05) is 32.8 Å². The number of fused-ring (bicyclic) bond motifs is 1. The topological polar surface area (TPSA) is 70.7 Å². The fourth-order valence-electron chi connectivity index (χ4n) is 3.91. The fourth-order valence-corrected chi connectivity index (χ4v) is 3.91. The Morgan fingerprint density at radius 3 is 2.69 bits per heavy atom. The van der Waals surface area contributed by atoms with E-state index in [1.54, 1.807) is 0 Å². The van der Waals surface area contributed by atoms with E-state index in [0.717, 1.165) is 25.8 Å². The third-order valence-corrected chi connectivity index (χ3v) is 5.17. The average molecular weight is 359 g/mol. The molecule has 0 saturated carbocycles. The van der Waals surface area contributed by atoms with Crippen molar-refractivity contribution in [3.8, 4) is 0 Å². The third-order valence-electron chi connectivity index (χ3n) is 5.17. The Morgan fingerprint density at radius 1 is 1.27 bits per heavy atom. The Hall–Kier alpha value is -1.92. The summed E-state index contributed by atoms with van der Waals surface area (Å²) in [5.41, 5.74) is 2.72. The summed E-state index contributed by atoms with van der Waals surface area (Å²) in [6, 6.07) is 8.36. The van der Waals surface area contributed by atoms with Gasteiger partial charge in [0.2, 0.25) is 11.8 Å². The molecule has 6 heteroatoms. The first-order chi connectivity index (χ1) is 12.7. The van der Waals surface area contributed by atoms with Crippen molar-refractivity contribution in [3.05, 3.63) is 35.4 Å². The van der Waals surface area contributed by atoms with Crippen molar-refractivity contribution in [1.82, 2.24) is 15.5 Å². The van der Waals surface area contributed by atoms with Gasteiger partial charge in [-0.25, -0.2) is 0 Å². The monoisotopic (exact) mass is 359 g/mol. The highest BCUT2D eigenvalue weighted by molar-refractivity contribution is 5.88. The zero-order valence-corrected chi connectivity index (χ0v) is 15.5. The first kappa shape index (κ1) is 18.9. The lowest BCUT2D eigenvalue weighted by atomic mass is 10.0. The number of ether oxygens (including phenoxy) is 1. The van der Waals surface area contributed by atoms with Gasteiger partial charge in [0.25, 0.3) is 0 Å². The predicted octanol–water partition coefficient (Wildman–Crippen LogP) is 0.887. The van der Waals surface area contributed by atoms with Crippen LogP contribution < -0.4 is 10.6 Å². The summed E-state index contributed by atoms with van der Waals surface area (Å²) in [6.45, 7) is 5.20. The number of nitrogens with zero attached hydrogens (tertiary/aromatic N) is 1. The van der Waals surface area contributed by atoms with Gasteiger partial charge in [0.05, 0.1) is 19.1 Å². The minimum absolute atomic E-state index is 0.0374. The number of hydrogen-bond acceptors (Lipinski definition) is 4. The summed E-state index contributed by atoms with van der Waals surface area (Å²) in [5, 5.41) is 5.78. The molecule has 1 aromatic rings. The highest BCUT2D eigenvalue weighted by Crippen LogP contribution is 2.27. The molecule has 1 fully saturated rings. The first-order valence-electron chi connectivity index (χ1n) is 9.63. The molecular weight excluding hydrogens is 330 g/mol. The summed E-state index contributed by atoms with van der Waals surface area (Å²) in [4.78, 5) is 27.0. The van der Waals surface area contributed by atoms with Crippen molar-refractivity contribution in [2.24, 2.45) is 0 Å². The summed E-state index contributed by atoms with van der Waals surface area (Å²) in [5.74, 6) is -0.128. The average Bonchev–Trinajstić information content (AvgIpc) is 3.07. The van der Waals surface area contributed by atoms with Crippen LogP contribution >= 0.6 is 0 Å². The maximum absolute atomic E-state index is 12.4. The van der Waals surface area contributed by atoms with Gasteiger partial charge < -0.3 is 15.4 Å². The van der Waals surface area contributed by atoms with Crippen LogP contribution in [0, 0.1) is 0 Å². The second-order valence-corrected chi connectivity index (χ2v) is 7.04. The molecule has 1 saturated heterocycles. The van der Waals surface area contributed by atoms with Gasteiger partial charge >= 0.3 is 0 Å². The molecule has 0 radical (unpaired) electrons. The number of amides is 2. The van der Waals surface area contributed by atoms with Crippen LogP contribution in [0.3, 0.4) is 0 Å². The zero-order valence-electron chi connectivity index (χ0n) is 15.5. The van der Waals surface area contributed by atoms with Crippen molar-refractivity contribution < 1.29 is 14.3 Å². The number of nitrogens with one attached hydrogen (secondary N) is 2. The number of hydrogen-bond donors (Lipinski definition) is 2. The molecule has 1 aromatic carbocycles. The Labute approximate surface area is 155 Å². The lowest BCUT2D eigenvalue weighted by Gasteiger charge is -2.38. The SMILES string of the molecule is CCCOCCNC(=O)C[C@@H]1C(=O)NCCN1C1Cc2ccccc2C1. The van der Waals surface area contributed by atoms with E-state index < -0.39 is 0 Å². The van der Waals surface area contributed by atoms with Crippen LogP contribution in [0.4, 0.5) is 0 Å². The molecule has 6 nitrogen and oxygen atoms in total. The molecule has 1 aliphatic carbocycles. The van der Waals surface area contributed by atoms with Crippen LogP contribution in [-0.2, 0) is 27.2 Å². The minimum atomic E-state index is -0.389. The molecule has 2 aliphatic rings. The number of carbonyl (C=O) groups excluding carboxylic acids is 2. The smallest absolute Gasteiger partial charge is 0.237 e. The molecule has 2 amide bonds. The van der Waals surface area contributed by atoms with Gasteiger partial charge in [-0.15, -0.1) is 0 Å². The number of benzene rings is 1. The molecule has 2 N–H and O–H groups in total. The molecule has 1 aliphatic heterocycles. The van der Waals surface area contributed by atoms with E-state index >= 15 is 0 Å². The zero-order chi connectivity index (χ0) is 18.4. The van der Waals surface area contributed by atoms with Gasteiger partial charge in [-0.1, -0.05) is 31.2 Å². The first-order valence-corrected chi connectivity index (χ1v) is 9.63. The second kappa shape index (κ2) is 9.14. The van der Waals surface area contributed by atoms with Crippen LogP contribution in [0.25, 0.3) is 0 Å². The maximum atomic E-state index is 12.4. The lowest BCUT2D eigenvalue weighted by Crippen LogP contribution is -2.59. The molecule has 0 bridgehead atoms. The minimum Gasteiger partial charge on any atom is -0.380 e. The highest BCUT2D eigenvalue weighted by Gasteiger charge is 2.37. The summed E-state index contributed by atoms with van der Waals surface area (Å²) < 4.78 is 5.38. The summed E-state index contributed by atoms with van der Waals surface area (Å²) in [7, 11) is 0. The number of piperazine rings is 1. The molecule has 0 aromatic heterocycles. The Morgan fingerprint density at radius 2 is 2.00 bits per heavy atom. The molecule has 0 spiro atoms. The van der Waals surface area contributed by atoms with Gasteiger partial charge in [-0.2, -0.15) is 0 Å². The summed E-state index contributed by atoms with van der Waals surface area (Å²) in [6.07, 6.45) is 3.07. The van der Waals surface area contributed by atoms with E-state index in [-0.39, 0.29) is 24.3 Å². The quantitative estimate of drug-likeness (QED) is 0.676. The van der Waals surface area contributed by atoms with Gasteiger partial charge in [0, 0.05) is 32.3 Å². The Balaban J connectivity index is 1.55. The third kappa shape index (κ3) is 4.62. The molecule has 1 atom stereocenters. The van der Waals surface area contributed by atoms with E-state index in [1.807, 2.05) is 0 Å². The standard InChI is InChI=1S/C20H29N3O3/c1-2-10-26-11-8-21-19(24)14-18-20(25)22-7-9-23(18)17-12-15-5-3-4-6-16(15)13-17/h3-6,17-18H,2,7-14H2,1H3,(H,21,24)(H,22,25)/t18-/m1/s1. The predicted molar refractivity (Wildman–Crippen MR) is 99.9 cm³/mol. The number of rotatable bonds is 8. The van der Waals surface area contributed by atoms with E-state index in [9.17, 15) is 9.59 Å². The van der Waals surface area contributed by atoms with Crippen molar-refractivity contribution >= 4 is 11.8 Å². The van der Waals surface area contributed by atoms with Gasteiger partial charge in [0.15, 0.2) is 0 Å². The van der Waals surface area contributed by atoms with E-state index in [0.29, 0.717) is 32.3 Å². The maximum Gasteiger partial charge on any atom is 0.237 e. The van der Waals surface area contributed by atoms with Gasteiger partial charge in [-0.05, 0) is 30.4 Å². The molecule has 26 heavy (non-hydrogen) atoms. The fraction of sp³-hybridized carbons (Fsp3) is 0.600. The van der Waals surface area contributed by atoms with Gasteiger partial charge in [-0.3, -0.25) is 14.5 Å². The summed E-state index contributed by atoms with van der Waals surface area (Å²) >= 11 is 0. The molecular formula is C20H29N3O3. The van der Waals surface area contributed by atoms with Crippen LogP contribution in [0.5, 0.6) is 0 Å². The lowest BCUT2D eigenvalue weighted by molar-refractivity contribution is -0.135. The largest absolute Gasteiger partial charge is 0.380 e. The van der Waals surface area contributed by atoms with Crippen LogP contribution in [0.2, 0.25) is 0 Å². The van der Waals surface area contributed by atoms with Gasteiger partial charge in [0.1, 0.15) is 0 Å². The van der Waals surface area contributed by atoms with Crippen molar-refractivity contribution in [3.63, 3.8) is 0 Å². The highest BCUT2D eigenvalue weighted by atomic mass is 16.5. The molecule has 3 rings (SSSR count). The molecule has 0 unspecified atom stereocenters. The van der Waals surface area contributed by atoms with Crippen LogP contribution in [0.15, 0.2) is 24.3 Å². The van der Waals surface area contributed by atoms with Crippen molar-refractivity contribution in [1.29, 1.82) is 0 Å². The van der Waals surface area contributed by atoms with E-state index in [4.69, 9.17) is 4.74 Å². The molecule has 1 heterocycles. The normalized spacial score (nSPS) is 20.7. The van der Waals surface area contributed by atoms with Crippen LogP contribution in [-0.4, -0.2) is 61.6 Å². The number of carbonyl (C=O) groups is 2. The van der Waals surface area contributed by atoms with E-state index in [1.165, 1.54) is 11.1 Å².